The molecule has 0 rings (SSSR count). The summed E-state index contributed by atoms with van der Waals surface area (Å²) in [5.41, 5.74) is 0. The number of hydrogen-bond acceptors (Lipinski definition) is 0. The van der Waals surface area contributed by atoms with Gasteiger partial charge in [-0.05, 0) is 11.2 Å². The van der Waals surface area contributed by atoms with Crippen molar-refractivity contribution in [3.63, 3.8) is 0 Å². The van der Waals surface area contributed by atoms with Gasteiger partial charge in [-0.3, -0.25) is 0 Å². The molecule has 0 aromatic heterocycles. The highest BCUT2D eigenvalue weighted by atomic mass is 79.9. The lowest BCUT2D eigenvalue weighted by atomic mass is 10.6. The molecule has 0 amide bonds. The van der Waals surface area contributed by atoms with Crippen molar-refractivity contribution in [1.82, 2.24) is 0 Å². The maximum absolute atomic E-state index is 9.38. The summed E-state index contributed by atoms with van der Waals surface area (Å²) in [4.78, 5) is 19.3. The van der Waals surface area contributed by atoms with Crippen LogP contribution in [0, 0.1) is 0 Å². The minimum atomic E-state index is -3.19. The van der Waals surface area contributed by atoms with E-state index in [1.54, 1.807) is 0 Å². The number of halogens is 3. The minimum absolute atomic E-state index is 0.263. The van der Waals surface area contributed by atoms with Crippen molar-refractivity contribution in [1.29, 1.82) is 0 Å². The van der Waals surface area contributed by atoms with E-state index in [1.807, 2.05) is 13.8 Å². The lowest BCUT2D eigenvalue weighted by Gasteiger charge is -2.17. The van der Waals surface area contributed by atoms with Crippen molar-refractivity contribution in [2.45, 2.75) is 23.5 Å². The van der Waals surface area contributed by atoms with Crippen LogP contribution in [0.2, 0.25) is 0 Å². The second-order valence-corrected chi connectivity index (χ2v) is 13.6. The van der Waals surface area contributed by atoms with Crippen molar-refractivity contribution in [2.75, 3.05) is 11.5 Å². The van der Waals surface area contributed by atoms with E-state index in [0.717, 1.165) is 0 Å². The molecule has 7 heteroatoms. The fraction of sp³-hybridized carbons (Fsp3) is 1.00. The van der Waals surface area contributed by atoms with Gasteiger partial charge in [-0.25, -0.2) is 0 Å². The van der Waals surface area contributed by atoms with Crippen LogP contribution in [0.4, 0.5) is 0 Å². The Morgan fingerprint density at radius 2 is 1.54 bits per heavy atom. The Labute approximate surface area is 103 Å². The highest BCUT2D eigenvalue weighted by Crippen LogP contribution is 2.48. The maximum atomic E-state index is 9.38. The van der Waals surface area contributed by atoms with E-state index in [4.69, 9.17) is 11.2 Å². The standard InChI is InChI=1S/C6H14Br2ClO2PS/c1-5(7)3-13(4-6(2)8)12(9,10)11/h5-6,10-11H,3-4H2,1-2H3. The van der Waals surface area contributed by atoms with Gasteiger partial charge in [-0.1, -0.05) is 45.7 Å². The molecule has 2 N–H and O–H groups in total. The predicted molar refractivity (Wildman–Crippen MR) is 71.1 cm³/mol. The van der Waals surface area contributed by atoms with E-state index < -0.39 is 15.9 Å². The topological polar surface area (TPSA) is 40.5 Å². The third-order valence-electron chi connectivity index (χ3n) is 1.17. The minimum Gasteiger partial charge on any atom is -0.338 e. The molecule has 0 aliphatic rings. The van der Waals surface area contributed by atoms with E-state index in [9.17, 15) is 9.79 Å². The summed E-state index contributed by atoms with van der Waals surface area (Å²) < 4.78 is 0. The predicted octanol–water partition coefficient (Wildman–Crippen LogP) is 3.07. The van der Waals surface area contributed by atoms with Crippen LogP contribution >= 0.6 is 48.9 Å². The summed E-state index contributed by atoms with van der Waals surface area (Å²) in [5.74, 6) is -1.78. The fourth-order valence-corrected chi connectivity index (χ4v) is 9.00. The number of rotatable bonds is 4. The molecule has 0 spiro atoms. The third-order valence-corrected chi connectivity index (χ3v) is 9.73. The highest BCUT2D eigenvalue weighted by molar-refractivity contribution is 9.10. The first-order valence-corrected chi connectivity index (χ1v) is 10.3. The molecular weight excluding hydrogens is 362 g/mol. The van der Waals surface area contributed by atoms with Crippen LogP contribution in [-0.2, 0) is 10.1 Å². The SMILES string of the molecule is CC(Br)CS(CC(C)Br)=P(O)(O)Cl. The molecule has 13 heavy (non-hydrogen) atoms. The Hall–Kier alpha value is 1.95. The fourth-order valence-electron chi connectivity index (χ4n) is 0.788. The first-order chi connectivity index (χ1) is 5.73. The normalized spacial score (nSPS) is 19.6. The largest absolute Gasteiger partial charge is 0.338 e. The average molecular weight is 376 g/mol. The molecule has 0 aliphatic carbocycles. The zero-order valence-electron chi connectivity index (χ0n) is 7.45. The molecule has 0 aromatic rings. The molecule has 0 radical (unpaired) electrons. The molecular formula is C6H14Br2ClO2PS. The van der Waals surface area contributed by atoms with Gasteiger partial charge in [0.05, 0.1) is 0 Å². The Kier molecular flexibility index (Phi) is 7.49. The van der Waals surface area contributed by atoms with Crippen LogP contribution in [-0.4, -0.2) is 30.9 Å². The molecule has 0 saturated heterocycles. The summed E-state index contributed by atoms with van der Waals surface area (Å²) in [7, 11) is -0.508. The second kappa shape index (κ2) is 6.51. The first kappa shape index (κ1) is 14.9. The molecule has 82 valence electrons. The van der Waals surface area contributed by atoms with Crippen molar-refractivity contribution < 1.29 is 9.79 Å². The van der Waals surface area contributed by atoms with Crippen LogP contribution in [0.5, 0.6) is 0 Å². The summed E-state index contributed by atoms with van der Waals surface area (Å²) in [6.07, 6.45) is 0. The van der Waals surface area contributed by atoms with E-state index in [1.165, 1.54) is 0 Å². The Balaban J connectivity index is 4.58. The van der Waals surface area contributed by atoms with Crippen molar-refractivity contribution >= 4 is 59.0 Å². The van der Waals surface area contributed by atoms with Gasteiger partial charge in [-0.2, -0.15) is 0 Å². The summed E-state index contributed by atoms with van der Waals surface area (Å²) in [6, 6.07) is 0. The smallest absolute Gasteiger partial charge is 0.236 e. The highest BCUT2D eigenvalue weighted by Gasteiger charge is 2.16. The van der Waals surface area contributed by atoms with Crippen molar-refractivity contribution in [2.24, 2.45) is 0 Å². The summed E-state index contributed by atoms with van der Waals surface area (Å²) in [6.45, 7) is 3.96. The first-order valence-electron chi connectivity index (χ1n) is 3.74. The zero-order chi connectivity index (χ0) is 10.6. The monoisotopic (exact) mass is 374 g/mol. The van der Waals surface area contributed by atoms with Gasteiger partial charge in [0.1, 0.15) is 0 Å². The van der Waals surface area contributed by atoms with Crippen molar-refractivity contribution in [3.8, 4) is 0 Å². The molecule has 0 fully saturated rings. The van der Waals surface area contributed by atoms with Crippen LogP contribution in [0.15, 0.2) is 0 Å². The molecule has 2 atom stereocenters. The molecule has 0 aliphatic heterocycles. The maximum Gasteiger partial charge on any atom is 0.236 e. The van der Waals surface area contributed by atoms with Gasteiger partial charge in [0.25, 0.3) is 0 Å². The lowest BCUT2D eigenvalue weighted by Crippen LogP contribution is -2.15. The molecule has 0 aromatic carbocycles. The van der Waals surface area contributed by atoms with E-state index in [-0.39, 0.29) is 9.65 Å². The average Bonchev–Trinajstić information content (AvgIpc) is 1.81. The van der Waals surface area contributed by atoms with Gasteiger partial charge in [0.2, 0.25) is 5.84 Å². The molecule has 0 bridgehead atoms. The van der Waals surface area contributed by atoms with Gasteiger partial charge < -0.3 is 9.79 Å². The second-order valence-electron chi connectivity index (χ2n) is 2.83. The quantitative estimate of drug-likeness (QED) is 0.585. The number of hydrogen-bond donors (Lipinski definition) is 2. The molecule has 0 heterocycles. The van der Waals surface area contributed by atoms with Gasteiger partial charge in [0.15, 0.2) is 0 Å². The number of alkyl halides is 2. The molecule has 2 nitrogen and oxygen atoms in total. The van der Waals surface area contributed by atoms with Crippen LogP contribution in [0.3, 0.4) is 0 Å². The van der Waals surface area contributed by atoms with Crippen LogP contribution < -0.4 is 0 Å². The van der Waals surface area contributed by atoms with E-state index >= 15 is 0 Å². The van der Waals surface area contributed by atoms with Gasteiger partial charge in [-0.15, -0.1) is 10.1 Å². The van der Waals surface area contributed by atoms with Crippen LogP contribution in [0.25, 0.3) is 0 Å². The Morgan fingerprint density at radius 1 is 1.23 bits per heavy atom. The lowest BCUT2D eigenvalue weighted by molar-refractivity contribution is 0.499. The zero-order valence-corrected chi connectivity index (χ0v) is 13.1. The van der Waals surface area contributed by atoms with Crippen molar-refractivity contribution in [3.05, 3.63) is 0 Å². The summed E-state index contributed by atoms with van der Waals surface area (Å²) >= 11 is 12.4. The Bertz CT molecular complexity index is 196. The van der Waals surface area contributed by atoms with Gasteiger partial charge in [0, 0.05) is 21.2 Å². The van der Waals surface area contributed by atoms with E-state index in [2.05, 4.69) is 31.9 Å². The van der Waals surface area contributed by atoms with E-state index in [0.29, 0.717) is 11.5 Å². The van der Waals surface area contributed by atoms with Crippen LogP contribution in [0.1, 0.15) is 13.8 Å². The molecule has 0 saturated carbocycles. The van der Waals surface area contributed by atoms with Gasteiger partial charge >= 0.3 is 0 Å². The third kappa shape index (κ3) is 7.83. The summed E-state index contributed by atoms with van der Waals surface area (Å²) in [5, 5.41) is 0. The Morgan fingerprint density at radius 3 is 1.69 bits per heavy atom. The molecule has 2 unspecified atom stereocenters.